The average molecular weight is 289 g/mol. The van der Waals surface area contributed by atoms with E-state index in [1.54, 1.807) is 17.9 Å². The first-order valence-corrected chi connectivity index (χ1v) is 6.74. The third kappa shape index (κ3) is 4.57. The third-order valence-electron chi connectivity index (χ3n) is 2.99. The molecule has 0 unspecified atom stereocenters. The molecule has 1 amide bonds. The first-order chi connectivity index (χ1) is 10.2. The van der Waals surface area contributed by atoms with Gasteiger partial charge in [-0.1, -0.05) is 17.3 Å². The van der Waals surface area contributed by atoms with Gasteiger partial charge < -0.3 is 15.7 Å². The number of carbonyl (C=O) groups is 1. The minimum Gasteiger partial charge on any atom is -0.394 e. The van der Waals surface area contributed by atoms with Crippen molar-refractivity contribution in [3.8, 4) is 0 Å². The van der Waals surface area contributed by atoms with Crippen molar-refractivity contribution in [2.24, 2.45) is 0 Å². The number of hydrogen-bond donors (Lipinski definition) is 3. The smallest absolute Gasteiger partial charge is 0.224 e. The molecule has 2 rings (SSSR count). The van der Waals surface area contributed by atoms with Crippen molar-refractivity contribution in [2.45, 2.75) is 19.5 Å². The second kappa shape index (κ2) is 7.39. The van der Waals surface area contributed by atoms with E-state index in [-0.39, 0.29) is 12.5 Å². The SMILES string of the molecule is CNC(=O)Cc1ccc(NCc2cn(CCO)nn2)cc1. The molecule has 0 saturated carbocycles. The average Bonchev–Trinajstić information content (AvgIpc) is 2.94. The second-order valence-electron chi connectivity index (χ2n) is 4.60. The molecule has 1 heterocycles. The Morgan fingerprint density at radius 1 is 1.33 bits per heavy atom. The van der Waals surface area contributed by atoms with Crippen LogP contribution in [0.5, 0.6) is 0 Å². The highest BCUT2D eigenvalue weighted by Crippen LogP contribution is 2.11. The molecule has 112 valence electrons. The van der Waals surface area contributed by atoms with Crippen LogP contribution in [0.3, 0.4) is 0 Å². The van der Waals surface area contributed by atoms with Crippen LogP contribution in [0.2, 0.25) is 0 Å². The van der Waals surface area contributed by atoms with Crippen LogP contribution in [0.1, 0.15) is 11.3 Å². The maximum absolute atomic E-state index is 11.3. The van der Waals surface area contributed by atoms with E-state index < -0.39 is 0 Å². The summed E-state index contributed by atoms with van der Waals surface area (Å²) in [4.78, 5) is 11.3. The summed E-state index contributed by atoms with van der Waals surface area (Å²) in [6.07, 6.45) is 2.18. The van der Waals surface area contributed by atoms with Crippen molar-refractivity contribution in [1.29, 1.82) is 0 Å². The Balaban J connectivity index is 1.86. The van der Waals surface area contributed by atoms with E-state index in [1.165, 1.54) is 0 Å². The zero-order valence-electron chi connectivity index (χ0n) is 11.9. The first-order valence-electron chi connectivity index (χ1n) is 6.74. The quantitative estimate of drug-likeness (QED) is 0.676. The van der Waals surface area contributed by atoms with Gasteiger partial charge in [0.15, 0.2) is 0 Å². The summed E-state index contributed by atoms with van der Waals surface area (Å²) >= 11 is 0. The molecule has 2 aromatic rings. The molecule has 0 radical (unpaired) electrons. The number of aliphatic hydroxyl groups is 1. The lowest BCUT2D eigenvalue weighted by atomic mass is 10.1. The summed E-state index contributed by atoms with van der Waals surface area (Å²) in [5.74, 6) is -0.00351. The minimum atomic E-state index is -0.00351. The van der Waals surface area contributed by atoms with E-state index in [0.717, 1.165) is 16.9 Å². The third-order valence-corrected chi connectivity index (χ3v) is 2.99. The van der Waals surface area contributed by atoms with E-state index in [2.05, 4.69) is 20.9 Å². The van der Waals surface area contributed by atoms with E-state index in [9.17, 15) is 4.79 Å². The summed E-state index contributed by atoms with van der Waals surface area (Å²) in [5.41, 5.74) is 2.72. The number of hydrogen-bond acceptors (Lipinski definition) is 5. The zero-order valence-corrected chi connectivity index (χ0v) is 11.9. The molecule has 1 aromatic carbocycles. The zero-order chi connectivity index (χ0) is 15.1. The van der Waals surface area contributed by atoms with Crippen LogP contribution in [0.25, 0.3) is 0 Å². The van der Waals surface area contributed by atoms with E-state index in [4.69, 9.17) is 5.11 Å². The molecule has 7 heteroatoms. The number of amides is 1. The molecular formula is C14H19N5O2. The van der Waals surface area contributed by atoms with Crippen LogP contribution in [0, 0.1) is 0 Å². The highest BCUT2D eigenvalue weighted by atomic mass is 16.3. The largest absolute Gasteiger partial charge is 0.394 e. The first kappa shape index (κ1) is 15.0. The summed E-state index contributed by atoms with van der Waals surface area (Å²) in [6.45, 7) is 1.05. The summed E-state index contributed by atoms with van der Waals surface area (Å²) in [7, 11) is 1.63. The number of rotatable bonds is 7. The molecule has 0 aliphatic carbocycles. The van der Waals surface area contributed by atoms with E-state index >= 15 is 0 Å². The molecule has 0 saturated heterocycles. The Labute approximate surface area is 123 Å². The number of aromatic nitrogens is 3. The second-order valence-corrected chi connectivity index (χ2v) is 4.60. The summed E-state index contributed by atoms with van der Waals surface area (Å²) < 4.78 is 1.60. The molecule has 3 N–H and O–H groups in total. The van der Waals surface area contributed by atoms with Crippen LogP contribution in [-0.2, 0) is 24.3 Å². The fraction of sp³-hybridized carbons (Fsp3) is 0.357. The number of likely N-dealkylation sites (N-methyl/N-ethyl adjacent to an activating group) is 1. The van der Waals surface area contributed by atoms with Crippen molar-refractivity contribution >= 4 is 11.6 Å². The predicted molar refractivity (Wildman–Crippen MR) is 78.6 cm³/mol. The number of nitrogens with one attached hydrogen (secondary N) is 2. The monoisotopic (exact) mass is 289 g/mol. The topological polar surface area (TPSA) is 92.1 Å². The molecule has 0 aliphatic heterocycles. The van der Waals surface area contributed by atoms with Crippen LogP contribution in [0.15, 0.2) is 30.5 Å². The molecule has 0 aliphatic rings. The van der Waals surface area contributed by atoms with E-state index in [1.807, 2.05) is 24.3 Å². The van der Waals surface area contributed by atoms with Crippen molar-refractivity contribution in [1.82, 2.24) is 20.3 Å². The summed E-state index contributed by atoms with van der Waals surface area (Å²) in [6, 6.07) is 7.69. The van der Waals surface area contributed by atoms with Crippen LogP contribution < -0.4 is 10.6 Å². The van der Waals surface area contributed by atoms with Gasteiger partial charge in [-0.25, -0.2) is 4.68 Å². The highest BCUT2D eigenvalue weighted by molar-refractivity contribution is 5.78. The summed E-state index contributed by atoms with van der Waals surface area (Å²) in [5, 5.41) is 22.5. The standard InChI is InChI=1S/C14H19N5O2/c1-15-14(21)8-11-2-4-12(5-3-11)16-9-13-10-19(6-7-20)18-17-13/h2-5,10,16,20H,6-9H2,1H3,(H,15,21). The van der Waals surface area contributed by atoms with Gasteiger partial charge in [0.25, 0.3) is 0 Å². The molecule has 21 heavy (non-hydrogen) atoms. The van der Waals surface area contributed by atoms with Crippen LogP contribution in [0.4, 0.5) is 5.69 Å². The Hall–Kier alpha value is -2.41. The number of benzene rings is 1. The van der Waals surface area contributed by atoms with Gasteiger partial charge in [0, 0.05) is 12.7 Å². The van der Waals surface area contributed by atoms with Gasteiger partial charge in [-0.2, -0.15) is 0 Å². The number of carbonyl (C=O) groups excluding carboxylic acids is 1. The number of aliphatic hydroxyl groups excluding tert-OH is 1. The van der Waals surface area contributed by atoms with E-state index in [0.29, 0.717) is 19.5 Å². The highest BCUT2D eigenvalue weighted by Gasteiger charge is 2.02. The van der Waals surface area contributed by atoms with Gasteiger partial charge in [0.05, 0.1) is 32.3 Å². The maximum Gasteiger partial charge on any atom is 0.224 e. The molecule has 1 aromatic heterocycles. The van der Waals surface area contributed by atoms with Crippen molar-refractivity contribution < 1.29 is 9.90 Å². The Bertz CT molecular complexity index is 579. The normalized spacial score (nSPS) is 10.4. The van der Waals surface area contributed by atoms with Crippen LogP contribution >= 0.6 is 0 Å². The van der Waals surface area contributed by atoms with Gasteiger partial charge in [0.1, 0.15) is 5.69 Å². The maximum atomic E-state index is 11.3. The lowest BCUT2D eigenvalue weighted by Gasteiger charge is -2.05. The Kier molecular flexibility index (Phi) is 5.28. The van der Waals surface area contributed by atoms with Gasteiger partial charge in [-0.15, -0.1) is 5.10 Å². The predicted octanol–water partition coefficient (Wildman–Crippen LogP) is 0.171. The molecule has 7 nitrogen and oxygen atoms in total. The van der Waals surface area contributed by atoms with Gasteiger partial charge in [-0.3, -0.25) is 4.79 Å². The molecule has 0 fully saturated rings. The Morgan fingerprint density at radius 3 is 2.76 bits per heavy atom. The van der Waals surface area contributed by atoms with Crippen molar-refractivity contribution in [2.75, 3.05) is 19.0 Å². The van der Waals surface area contributed by atoms with Crippen molar-refractivity contribution in [3.05, 3.63) is 41.7 Å². The Morgan fingerprint density at radius 2 is 2.10 bits per heavy atom. The lowest BCUT2D eigenvalue weighted by molar-refractivity contribution is -0.119. The fourth-order valence-electron chi connectivity index (χ4n) is 1.84. The van der Waals surface area contributed by atoms with Gasteiger partial charge in [0.2, 0.25) is 5.91 Å². The van der Waals surface area contributed by atoms with Crippen molar-refractivity contribution in [3.63, 3.8) is 0 Å². The molecule has 0 spiro atoms. The number of nitrogens with zero attached hydrogens (tertiary/aromatic N) is 3. The van der Waals surface area contributed by atoms with Crippen LogP contribution in [-0.4, -0.2) is 39.7 Å². The molecule has 0 bridgehead atoms. The van der Waals surface area contributed by atoms with Gasteiger partial charge in [-0.05, 0) is 17.7 Å². The fourth-order valence-corrected chi connectivity index (χ4v) is 1.84. The minimum absolute atomic E-state index is 0.00351. The lowest BCUT2D eigenvalue weighted by Crippen LogP contribution is -2.19. The molecular weight excluding hydrogens is 270 g/mol. The molecule has 0 atom stereocenters. The van der Waals surface area contributed by atoms with Gasteiger partial charge >= 0.3 is 0 Å². The number of anilines is 1.